The molecule has 0 aliphatic carbocycles. The van der Waals surface area contributed by atoms with Crippen molar-refractivity contribution in [3.63, 3.8) is 0 Å². The summed E-state index contributed by atoms with van der Waals surface area (Å²) in [7, 11) is 0. The zero-order valence-electron chi connectivity index (χ0n) is 16.4. The van der Waals surface area contributed by atoms with Crippen LogP contribution in [0.2, 0.25) is 5.02 Å². The van der Waals surface area contributed by atoms with Crippen LogP contribution in [0.4, 0.5) is 5.69 Å². The third-order valence-electron chi connectivity index (χ3n) is 4.29. The van der Waals surface area contributed by atoms with Gasteiger partial charge in [-0.05, 0) is 19.9 Å². The third-order valence-corrected chi connectivity index (χ3v) is 5.55. The van der Waals surface area contributed by atoms with E-state index in [9.17, 15) is 4.79 Å². The van der Waals surface area contributed by atoms with Crippen LogP contribution in [0.5, 0.6) is 11.5 Å². The highest BCUT2D eigenvalue weighted by Crippen LogP contribution is 2.37. The quantitative estimate of drug-likeness (QED) is 0.449. The van der Waals surface area contributed by atoms with Gasteiger partial charge in [0.05, 0.1) is 35.4 Å². The lowest BCUT2D eigenvalue weighted by molar-refractivity contribution is -0.113. The Morgan fingerprint density at radius 3 is 2.67 bits per heavy atom. The molecule has 0 spiro atoms. The molecule has 30 heavy (non-hydrogen) atoms. The summed E-state index contributed by atoms with van der Waals surface area (Å²) in [6.45, 7) is 4.88. The first-order valence-corrected chi connectivity index (χ1v) is 10.5. The molecule has 0 unspecified atom stereocenters. The summed E-state index contributed by atoms with van der Waals surface area (Å²) in [5, 5.41) is 16.0. The lowest BCUT2D eigenvalue weighted by Gasteiger charge is -2.12. The molecule has 1 amide bonds. The predicted octanol–water partition coefficient (Wildman–Crippen LogP) is 2.34. The first-order chi connectivity index (χ1) is 14.4. The molecule has 10 nitrogen and oxygen atoms in total. The molecule has 1 aromatic carbocycles. The van der Waals surface area contributed by atoms with E-state index < -0.39 is 0 Å². The number of aryl methyl sites for hydroxylation is 2. The third kappa shape index (κ3) is 4.17. The minimum Gasteiger partial charge on any atom is -0.490 e. The number of anilines is 1. The first kappa shape index (κ1) is 20.4. The monoisotopic (exact) mass is 449 g/mol. The molecule has 3 N–H and O–H groups in total. The highest BCUT2D eigenvalue weighted by Gasteiger charge is 2.18. The van der Waals surface area contributed by atoms with Crippen LogP contribution < -0.4 is 20.6 Å². The van der Waals surface area contributed by atoms with Crippen LogP contribution in [0, 0.1) is 13.8 Å². The molecule has 0 radical (unpaired) electrons. The van der Waals surface area contributed by atoms with Crippen molar-refractivity contribution in [1.29, 1.82) is 0 Å². The molecule has 12 heteroatoms. The van der Waals surface area contributed by atoms with Crippen molar-refractivity contribution in [2.75, 3.05) is 30.1 Å². The summed E-state index contributed by atoms with van der Waals surface area (Å²) < 4.78 is 14.1. The minimum absolute atomic E-state index is 0.0667. The van der Waals surface area contributed by atoms with Gasteiger partial charge in [-0.15, -0.1) is 10.2 Å². The Balaban J connectivity index is 1.42. The SMILES string of the molecule is Cc1cc(C)n(-c2nnc(SCC(=O)Nc3cc4c(cc3Cl)OCCCO4)n2N)n1. The summed E-state index contributed by atoms with van der Waals surface area (Å²) in [6.07, 6.45) is 0.782. The molecule has 0 saturated carbocycles. The van der Waals surface area contributed by atoms with Crippen molar-refractivity contribution in [1.82, 2.24) is 24.7 Å². The number of hydrogen-bond acceptors (Lipinski definition) is 8. The van der Waals surface area contributed by atoms with E-state index in [2.05, 4.69) is 20.6 Å². The highest BCUT2D eigenvalue weighted by molar-refractivity contribution is 7.99. The summed E-state index contributed by atoms with van der Waals surface area (Å²) in [5.74, 6) is 7.38. The number of hydrogen-bond donors (Lipinski definition) is 2. The second-order valence-electron chi connectivity index (χ2n) is 6.66. The van der Waals surface area contributed by atoms with Crippen LogP contribution in [0.1, 0.15) is 17.8 Å². The Morgan fingerprint density at radius 2 is 1.97 bits per heavy atom. The van der Waals surface area contributed by atoms with Crippen LogP contribution in [-0.2, 0) is 4.79 Å². The average molecular weight is 450 g/mol. The van der Waals surface area contributed by atoms with E-state index in [4.69, 9.17) is 26.9 Å². The topological polar surface area (TPSA) is 122 Å². The molecule has 1 aliphatic heterocycles. The summed E-state index contributed by atoms with van der Waals surface area (Å²) in [6, 6.07) is 5.22. The molecule has 0 saturated heterocycles. The van der Waals surface area contributed by atoms with Crippen LogP contribution in [0.15, 0.2) is 23.4 Å². The van der Waals surface area contributed by atoms with Gasteiger partial charge in [-0.2, -0.15) is 5.10 Å². The van der Waals surface area contributed by atoms with Crippen molar-refractivity contribution in [2.24, 2.45) is 0 Å². The van der Waals surface area contributed by atoms with E-state index in [0.29, 0.717) is 46.5 Å². The second kappa shape index (κ2) is 8.44. The molecule has 0 atom stereocenters. The van der Waals surface area contributed by atoms with Crippen molar-refractivity contribution in [3.8, 4) is 17.4 Å². The lowest BCUT2D eigenvalue weighted by atomic mass is 10.2. The van der Waals surface area contributed by atoms with E-state index in [-0.39, 0.29) is 11.7 Å². The number of thioether (sulfide) groups is 1. The van der Waals surface area contributed by atoms with Gasteiger partial charge in [0.25, 0.3) is 5.95 Å². The number of nitrogen functional groups attached to an aromatic ring is 1. The van der Waals surface area contributed by atoms with E-state index in [1.165, 1.54) is 4.68 Å². The maximum atomic E-state index is 12.4. The van der Waals surface area contributed by atoms with Gasteiger partial charge in [0, 0.05) is 24.2 Å². The number of nitrogens with zero attached hydrogens (tertiary/aromatic N) is 5. The summed E-state index contributed by atoms with van der Waals surface area (Å²) in [4.78, 5) is 12.4. The Hall–Kier alpha value is -2.92. The van der Waals surface area contributed by atoms with Crippen LogP contribution in [-0.4, -0.2) is 49.5 Å². The number of carbonyl (C=O) groups is 1. The van der Waals surface area contributed by atoms with Gasteiger partial charge < -0.3 is 20.6 Å². The van der Waals surface area contributed by atoms with E-state index in [0.717, 1.165) is 29.6 Å². The molecule has 0 fully saturated rings. The smallest absolute Gasteiger partial charge is 0.271 e. The van der Waals surface area contributed by atoms with Gasteiger partial charge in [-0.25, -0.2) is 9.36 Å². The molecule has 0 bridgehead atoms. The molecular weight excluding hydrogens is 430 g/mol. The van der Waals surface area contributed by atoms with E-state index in [1.54, 1.807) is 16.8 Å². The number of carbonyl (C=O) groups excluding carboxylic acids is 1. The first-order valence-electron chi connectivity index (χ1n) is 9.18. The molecule has 1 aliphatic rings. The predicted molar refractivity (Wildman–Crippen MR) is 113 cm³/mol. The van der Waals surface area contributed by atoms with Gasteiger partial charge in [0.1, 0.15) is 0 Å². The average Bonchev–Trinajstić information content (AvgIpc) is 3.13. The number of halogens is 1. The van der Waals surface area contributed by atoms with Crippen molar-refractivity contribution in [2.45, 2.75) is 25.4 Å². The van der Waals surface area contributed by atoms with Gasteiger partial charge >= 0.3 is 0 Å². The van der Waals surface area contributed by atoms with Crippen molar-refractivity contribution >= 4 is 35.0 Å². The zero-order chi connectivity index (χ0) is 21.3. The van der Waals surface area contributed by atoms with Crippen LogP contribution in [0.3, 0.4) is 0 Å². The normalized spacial score (nSPS) is 13.2. The van der Waals surface area contributed by atoms with Crippen LogP contribution >= 0.6 is 23.4 Å². The number of nitrogens with two attached hydrogens (primary N) is 1. The fourth-order valence-corrected chi connectivity index (χ4v) is 3.79. The van der Waals surface area contributed by atoms with Crippen molar-refractivity contribution in [3.05, 3.63) is 34.6 Å². The van der Waals surface area contributed by atoms with E-state index in [1.807, 2.05) is 19.9 Å². The number of aromatic nitrogens is 5. The minimum atomic E-state index is -0.271. The molecule has 158 valence electrons. The zero-order valence-corrected chi connectivity index (χ0v) is 18.0. The second-order valence-corrected chi connectivity index (χ2v) is 8.01. The van der Waals surface area contributed by atoms with E-state index >= 15 is 0 Å². The van der Waals surface area contributed by atoms with Gasteiger partial charge in [-0.3, -0.25) is 4.79 Å². The summed E-state index contributed by atoms with van der Waals surface area (Å²) >= 11 is 7.43. The van der Waals surface area contributed by atoms with Gasteiger partial charge in [0.15, 0.2) is 11.5 Å². The van der Waals surface area contributed by atoms with Gasteiger partial charge in [0.2, 0.25) is 11.1 Å². The van der Waals surface area contributed by atoms with Crippen LogP contribution in [0.25, 0.3) is 5.95 Å². The lowest BCUT2D eigenvalue weighted by Crippen LogP contribution is -2.19. The largest absolute Gasteiger partial charge is 0.490 e. The molecule has 2 aromatic heterocycles. The van der Waals surface area contributed by atoms with Gasteiger partial charge in [-0.1, -0.05) is 23.4 Å². The number of amides is 1. The molecule has 3 aromatic rings. The number of fused-ring (bicyclic) bond motifs is 1. The summed E-state index contributed by atoms with van der Waals surface area (Å²) in [5.41, 5.74) is 2.17. The molecular formula is C18H20ClN7O3S. The standard InChI is InChI=1S/C18H20ClN7O3S/c1-10-6-11(2)26(24-10)17-22-23-18(25(17)20)30-9-16(27)21-13-8-15-14(7-12(13)19)28-4-3-5-29-15/h6-8H,3-5,9,20H2,1-2H3,(H,21,27). The number of rotatable bonds is 5. The number of nitrogens with one attached hydrogen (secondary N) is 1. The Morgan fingerprint density at radius 1 is 1.23 bits per heavy atom. The fourth-order valence-electron chi connectivity index (χ4n) is 2.94. The number of benzene rings is 1. The Labute approximate surface area is 181 Å². The van der Waals surface area contributed by atoms with Crippen molar-refractivity contribution < 1.29 is 14.3 Å². The molecule has 3 heterocycles. The maximum absolute atomic E-state index is 12.4. The highest BCUT2D eigenvalue weighted by atomic mass is 35.5. The molecule has 4 rings (SSSR count). The Kier molecular flexibility index (Phi) is 5.73. The maximum Gasteiger partial charge on any atom is 0.271 e. The Bertz CT molecular complexity index is 1100. The fraction of sp³-hybridized carbons (Fsp3) is 0.333. The number of ether oxygens (including phenoxy) is 2.